The fraction of sp³-hybridized carbons (Fsp3) is 0.0417. The lowest BCUT2D eigenvalue weighted by molar-refractivity contribution is -0.117. The number of furan rings is 1. The van der Waals surface area contributed by atoms with Crippen molar-refractivity contribution in [2.45, 2.75) is 6.04 Å². The number of anilines is 1. The predicted octanol–water partition coefficient (Wildman–Crippen LogP) is 4.75. The average Bonchev–Trinajstić information content (AvgIpc) is 3.33. The minimum atomic E-state index is -1.05. The van der Waals surface area contributed by atoms with E-state index >= 15 is 0 Å². The van der Waals surface area contributed by atoms with Crippen molar-refractivity contribution in [2.24, 2.45) is 0 Å². The fourth-order valence-electron chi connectivity index (χ4n) is 3.77. The Bertz CT molecular complexity index is 1330. The van der Waals surface area contributed by atoms with E-state index in [1.165, 1.54) is 24.4 Å². The number of amides is 1. The van der Waals surface area contributed by atoms with Crippen LogP contribution in [-0.4, -0.2) is 21.8 Å². The Morgan fingerprint density at radius 1 is 1.03 bits per heavy atom. The number of hydrogen-bond acceptors (Lipinski definition) is 5. The van der Waals surface area contributed by atoms with E-state index in [-0.39, 0.29) is 17.0 Å². The zero-order chi connectivity index (χ0) is 21.5. The zero-order valence-corrected chi connectivity index (χ0v) is 16.0. The van der Waals surface area contributed by atoms with Crippen molar-refractivity contribution < 1.29 is 23.5 Å². The van der Waals surface area contributed by atoms with Crippen LogP contribution in [0.4, 0.5) is 10.1 Å². The summed E-state index contributed by atoms with van der Waals surface area (Å²) in [5.41, 5.74) is 0.877. The zero-order valence-electron chi connectivity index (χ0n) is 16.0. The summed E-state index contributed by atoms with van der Waals surface area (Å²) in [7, 11) is 0. The van der Waals surface area contributed by atoms with E-state index in [1.54, 1.807) is 42.5 Å². The Kier molecular flexibility index (Phi) is 4.36. The summed E-state index contributed by atoms with van der Waals surface area (Å²) >= 11 is 0. The normalized spacial score (nSPS) is 16.4. The molecule has 1 aliphatic heterocycles. The first-order valence-electron chi connectivity index (χ1n) is 9.51. The fourth-order valence-corrected chi connectivity index (χ4v) is 3.77. The molecular weight excluding hydrogens is 399 g/mol. The van der Waals surface area contributed by atoms with Gasteiger partial charge in [0, 0.05) is 17.3 Å². The van der Waals surface area contributed by atoms with Crippen LogP contribution in [0.2, 0.25) is 0 Å². The maximum Gasteiger partial charge on any atom is 0.294 e. The van der Waals surface area contributed by atoms with E-state index in [0.29, 0.717) is 16.7 Å². The number of nitrogens with zero attached hydrogens (tertiary/aromatic N) is 2. The van der Waals surface area contributed by atoms with Gasteiger partial charge in [0.15, 0.2) is 11.5 Å². The third-order valence-electron chi connectivity index (χ3n) is 5.16. The summed E-state index contributed by atoms with van der Waals surface area (Å²) in [5, 5.41) is 11.4. The third kappa shape index (κ3) is 3.07. The molecule has 0 saturated carbocycles. The largest absolute Gasteiger partial charge is 0.503 e. The maximum atomic E-state index is 13.9. The summed E-state index contributed by atoms with van der Waals surface area (Å²) in [6, 6.07) is 18.0. The highest BCUT2D eigenvalue weighted by Crippen LogP contribution is 2.41. The van der Waals surface area contributed by atoms with Crippen LogP contribution in [0, 0.1) is 5.82 Å². The molecule has 7 heteroatoms. The molecule has 4 aromatic rings. The molecule has 0 saturated heterocycles. The minimum Gasteiger partial charge on any atom is -0.503 e. The van der Waals surface area contributed by atoms with Crippen LogP contribution < -0.4 is 4.90 Å². The van der Waals surface area contributed by atoms with Crippen molar-refractivity contribution >= 4 is 28.3 Å². The molecule has 152 valence electrons. The molecule has 6 nitrogen and oxygen atoms in total. The molecule has 0 bridgehead atoms. The molecule has 0 radical (unpaired) electrons. The van der Waals surface area contributed by atoms with E-state index in [2.05, 4.69) is 4.98 Å². The van der Waals surface area contributed by atoms with Crippen LogP contribution in [-0.2, 0) is 4.79 Å². The van der Waals surface area contributed by atoms with Crippen LogP contribution >= 0.6 is 0 Å². The Morgan fingerprint density at radius 2 is 1.84 bits per heavy atom. The average molecular weight is 414 g/mol. The highest BCUT2D eigenvalue weighted by Gasteiger charge is 2.46. The van der Waals surface area contributed by atoms with Gasteiger partial charge in [0.1, 0.15) is 17.4 Å². The highest BCUT2D eigenvalue weighted by atomic mass is 19.1. The lowest BCUT2D eigenvalue weighted by Crippen LogP contribution is -2.31. The molecule has 1 N–H and O–H groups in total. The number of ketones is 1. The smallest absolute Gasteiger partial charge is 0.294 e. The van der Waals surface area contributed by atoms with Gasteiger partial charge in [-0.2, -0.15) is 0 Å². The Hall–Kier alpha value is -4.26. The van der Waals surface area contributed by atoms with Crippen LogP contribution in [0.3, 0.4) is 0 Å². The molecular formula is C24H15FN2O4. The van der Waals surface area contributed by atoms with Gasteiger partial charge in [0.05, 0.1) is 11.3 Å². The second-order valence-corrected chi connectivity index (χ2v) is 7.05. The van der Waals surface area contributed by atoms with Crippen molar-refractivity contribution in [2.75, 3.05) is 4.90 Å². The first kappa shape index (κ1) is 18.7. The number of aliphatic hydroxyl groups is 1. The van der Waals surface area contributed by atoms with Crippen molar-refractivity contribution in [3.8, 4) is 0 Å². The Balaban J connectivity index is 1.67. The molecule has 1 atom stereocenters. The number of pyridine rings is 1. The molecule has 3 heterocycles. The van der Waals surface area contributed by atoms with Gasteiger partial charge in [0.2, 0.25) is 5.78 Å². The topological polar surface area (TPSA) is 83.6 Å². The second-order valence-electron chi connectivity index (χ2n) is 7.05. The van der Waals surface area contributed by atoms with Gasteiger partial charge in [-0.25, -0.2) is 4.39 Å². The first-order chi connectivity index (χ1) is 15.0. The van der Waals surface area contributed by atoms with Crippen LogP contribution in [0.25, 0.3) is 11.0 Å². The number of aromatic nitrogens is 1. The van der Waals surface area contributed by atoms with Crippen molar-refractivity contribution in [1.29, 1.82) is 0 Å². The van der Waals surface area contributed by atoms with Crippen LogP contribution in [0.5, 0.6) is 0 Å². The van der Waals surface area contributed by atoms with E-state index in [0.717, 1.165) is 11.0 Å². The standard InChI is InChI=1S/C24H15FN2O4/c25-15-7-5-8-16(13-15)27-21(17-9-3-4-11-26-17)20(23(29)24(27)30)22(28)19-12-14-6-1-2-10-18(14)31-19/h1-13,21,29H. The number of Topliss-reactive ketones (excluding diaryl/α,β-unsaturated/α-hetero) is 1. The number of carbonyl (C=O) groups is 2. The van der Waals surface area contributed by atoms with Gasteiger partial charge in [-0.3, -0.25) is 19.5 Å². The molecule has 5 rings (SSSR count). The number of halogens is 1. The van der Waals surface area contributed by atoms with Gasteiger partial charge in [0.25, 0.3) is 5.91 Å². The van der Waals surface area contributed by atoms with Crippen molar-refractivity contribution in [1.82, 2.24) is 4.98 Å². The Morgan fingerprint density at radius 3 is 2.58 bits per heavy atom. The molecule has 0 aliphatic carbocycles. The van der Waals surface area contributed by atoms with Gasteiger partial charge in [-0.05, 0) is 42.5 Å². The lowest BCUT2D eigenvalue weighted by Gasteiger charge is -2.25. The number of rotatable bonds is 4. The summed E-state index contributed by atoms with van der Waals surface area (Å²) in [6.45, 7) is 0. The van der Waals surface area contributed by atoms with Crippen molar-refractivity contribution in [3.05, 3.63) is 108 Å². The Labute approximate surface area is 175 Å². The summed E-state index contributed by atoms with van der Waals surface area (Å²) in [5.74, 6) is -2.75. The molecule has 2 aromatic heterocycles. The molecule has 0 spiro atoms. The molecule has 1 unspecified atom stereocenters. The number of benzene rings is 2. The number of fused-ring (bicyclic) bond motifs is 1. The lowest BCUT2D eigenvalue weighted by atomic mass is 9.98. The minimum absolute atomic E-state index is 0.0161. The number of hydrogen-bond donors (Lipinski definition) is 1. The monoisotopic (exact) mass is 414 g/mol. The van der Waals surface area contributed by atoms with Gasteiger partial charge in [-0.15, -0.1) is 0 Å². The van der Waals surface area contributed by atoms with E-state index in [4.69, 9.17) is 4.42 Å². The first-order valence-corrected chi connectivity index (χ1v) is 9.51. The quantitative estimate of drug-likeness (QED) is 0.487. The van der Waals surface area contributed by atoms with Crippen LogP contribution in [0.15, 0.2) is 94.7 Å². The molecule has 1 amide bonds. The summed E-state index contributed by atoms with van der Waals surface area (Å²) in [6.07, 6.45) is 1.52. The van der Waals surface area contributed by atoms with Gasteiger partial charge >= 0.3 is 0 Å². The molecule has 1 aliphatic rings. The molecule has 31 heavy (non-hydrogen) atoms. The van der Waals surface area contributed by atoms with Gasteiger partial charge in [-0.1, -0.05) is 30.3 Å². The van der Waals surface area contributed by atoms with Crippen LogP contribution in [0.1, 0.15) is 22.3 Å². The predicted molar refractivity (Wildman–Crippen MR) is 111 cm³/mol. The van der Waals surface area contributed by atoms with E-state index < -0.39 is 29.3 Å². The maximum absolute atomic E-state index is 13.9. The number of para-hydroxylation sites is 1. The number of aliphatic hydroxyl groups excluding tert-OH is 1. The summed E-state index contributed by atoms with van der Waals surface area (Å²) < 4.78 is 19.6. The summed E-state index contributed by atoms with van der Waals surface area (Å²) in [4.78, 5) is 31.9. The number of carbonyl (C=O) groups excluding carboxylic acids is 2. The van der Waals surface area contributed by atoms with E-state index in [1.807, 2.05) is 6.07 Å². The molecule has 0 fully saturated rings. The third-order valence-corrected chi connectivity index (χ3v) is 5.16. The van der Waals surface area contributed by atoms with Crippen molar-refractivity contribution in [3.63, 3.8) is 0 Å². The SMILES string of the molecule is O=C(C1=C(O)C(=O)N(c2cccc(F)c2)C1c1ccccn1)c1cc2ccccc2o1. The van der Waals surface area contributed by atoms with E-state index in [9.17, 15) is 19.1 Å². The highest BCUT2D eigenvalue weighted by molar-refractivity contribution is 6.20. The second kappa shape index (κ2) is 7.21. The molecule has 2 aromatic carbocycles. The van der Waals surface area contributed by atoms with Gasteiger partial charge < -0.3 is 9.52 Å².